The number of nitrogens with one attached hydrogen (secondary N) is 1. The first-order valence-corrected chi connectivity index (χ1v) is 7.47. The molecule has 24 heavy (non-hydrogen) atoms. The maximum Gasteiger partial charge on any atom is 0.141 e. The molecule has 0 aliphatic carbocycles. The first-order chi connectivity index (χ1) is 11.5. The predicted octanol–water partition coefficient (Wildman–Crippen LogP) is 4.28. The van der Waals surface area contributed by atoms with E-state index in [9.17, 15) is 0 Å². The Morgan fingerprint density at radius 3 is 2.25 bits per heavy atom. The molecule has 1 aromatic carbocycles. The second kappa shape index (κ2) is 6.18. The first kappa shape index (κ1) is 16.4. The van der Waals surface area contributed by atoms with Crippen molar-refractivity contribution in [3.05, 3.63) is 34.1 Å². The number of ether oxygens (including phenoxy) is 2. The summed E-state index contributed by atoms with van der Waals surface area (Å²) in [7, 11) is 2.98. The highest BCUT2D eigenvalue weighted by atomic mass is 35.5. The van der Waals surface area contributed by atoms with Gasteiger partial charge in [0.05, 0.1) is 30.0 Å². The van der Waals surface area contributed by atoms with Gasteiger partial charge in [-0.05, 0) is 17.6 Å². The van der Waals surface area contributed by atoms with E-state index in [1.165, 1.54) is 20.4 Å². The number of anilines is 1. The normalized spacial score (nSPS) is 10.8. The molecule has 0 bridgehead atoms. The van der Waals surface area contributed by atoms with Crippen LogP contribution in [0.25, 0.3) is 27.9 Å². The van der Waals surface area contributed by atoms with Crippen molar-refractivity contribution >= 4 is 45.9 Å². The summed E-state index contributed by atoms with van der Waals surface area (Å²) in [5.41, 5.74) is 14.7. The quantitative estimate of drug-likeness (QED) is 0.742. The molecule has 0 amide bonds. The van der Waals surface area contributed by atoms with Crippen molar-refractivity contribution in [2.45, 2.75) is 0 Å². The van der Waals surface area contributed by atoms with Gasteiger partial charge in [0.2, 0.25) is 0 Å². The van der Waals surface area contributed by atoms with Gasteiger partial charge in [0, 0.05) is 23.1 Å². The van der Waals surface area contributed by atoms with E-state index in [2.05, 4.69) is 15.0 Å². The van der Waals surface area contributed by atoms with Gasteiger partial charge in [-0.15, -0.1) is 0 Å². The fraction of sp³-hybridized carbons (Fsp3) is 0.133. The lowest BCUT2D eigenvalue weighted by Gasteiger charge is -2.16. The number of rotatable bonds is 3. The van der Waals surface area contributed by atoms with Crippen LogP contribution in [-0.2, 0) is 0 Å². The van der Waals surface area contributed by atoms with E-state index in [4.69, 9.17) is 44.1 Å². The standard InChI is InChI=1S/C15H12Cl2N5O2/c1-23-8-4-9(24-2)12(17)10(11(8)16)7-3-6-5-20-15(19)22-13(6)14(18)21-7/h3-5H,1-2H3,(H3-,18,19,20,21,22)/q-1. The third kappa shape index (κ3) is 2.61. The second-order valence-electron chi connectivity index (χ2n) is 4.81. The summed E-state index contributed by atoms with van der Waals surface area (Å²) >= 11 is 12.8. The van der Waals surface area contributed by atoms with Crippen LogP contribution in [0.5, 0.6) is 11.5 Å². The molecule has 2 heterocycles. The van der Waals surface area contributed by atoms with Crippen molar-refractivity contribution in [3.8, 4) is 22.8 Å². The van der Waals surface area contributed by atoms with E-state index >= 15 is 0 Å². The van der Waals surface area contributed by atoms with Crippen LogP contribution >= 0.6 is 23.2 Å². The SMILES string of the molecule is COc1cc(OC)c(Cl)c(-c2cc3cnc([NH-])nc3c(N)n2)c1Cl. The molecule has 0 spiro atoms. The Balaban J connectivity index is 2.33. The number of fused-ring (bicyclic) bond motifs is 1. The minimum atomic E-state index is -0.136. The zero-order valence-corrected chi connectivity index (χ0v) is 14.2. The summed E-state index contributed by atoms with van der Waals surface area (Å²) in [4.78, 5) is 12.1. The summed E-state index contributed by atoms with van der Waals surface area (Å²) in [5, 5.41) is 1.18. The van der Waals surface area contributed by atoms with Gasteiger partial charge in [0.15, 0.2) is 0 Å². The third-order valence-electron chi connectivity index (χ3n) is 3.42. The number of hydrogen-bond acceptors (Lipinski definition) is 6. The van der Waals surface area contributed by atoms with Gasteiger partial charge < -0.3 is 30.9 Å². The van der Waals surface area contributed by atoms with Crippen molar-refractivity contribution in [2.75, 3.05) is 20.0 Å². The molecule has 9 heteroatoms. The lowest BCUT2D eigenvalue weighted by Crippen LogP contribution is -1.99. The highest BCUT2D eigenvalue weighted by molar-refractivity contribution is 6.41. The smallest absolute Gasteiger partial charge is 0.141 e. The number of halogens is 2. The minimum absolute atomic E-state index is 0.136. The van der Waals surface area contributed by atoms with E-state index < -0.39 is 0 Å². The van der Waals surface area contributed by atoms with Crippen LogP contribution in [0.15, 0.2) is 18.3 Å². The molecular weight excluding hydrogens is 353 g/mol. The Bertz CT molecular complexity index is 921. The van der Waals surface area contributed by atoms with Gasteiger partial charge >= 0.3 is 0 Å². The number of pyridine rings is 1. The van der Waals surface area contributed by atoms with E-state index in [1.807, 2.05) is 0 Å². The van der Waals surface area contributed by atoms with Crippen molar-refractivity contribution in [1.82, 2.24) is 15.0 Å². The van der Waals surface area contributed by atoms with Crippen molar-refractivity contribution in [1.29, 1.82) is 0 Å². The van der Waals surface area contributed by atoms with Crippen LogP contribution in [0.3, 0.4) is 0 Å². The van der Waals surface area contributed by atoms with Crippen molar-refractivity contribution < 1.29 is 9.47 Å². The van der Waals surface area contributed by atoms with Gasteiger partial charge in [0.25, 0.3) is 0 Å². The van der Waals surface area contributed by atoms with E-state index in [0.29, 0.717) is 33.7 Å². The van der Waals surface area contributed by atoms with Crippen LogP contribution in [0, 0.1) is 0 Å². The van der Waals surface area contributed by atoms with Gasteiger partial charge in [-0.25, -0.2) is 4.98 Å². The van der Waals surface area contributed by atoms with Crippen LogP contribution in [0.4, 0.5) is 11.8 Å². The summed E-state index contributed by atoms with van der Waals surface area (Å²) < 4.78 is 10.5. The largest absolute Gasteiger partial charge is 0.495 e. The van der Waals surface area contributed by atoms with Crippen molar-refractivity contribution in [3.63, 3.8) is 0 Å². The maximum absolute atomic E-state index is 7.49. The Kier molecular flexibility index (Phi) is 4.21. The minimum Gasteiger partial charge on any atom is -0.495 e. The average molecular weight is 365 g/mol. The fourth-order valence-corrected chi connectivity index (χ4v) is 3.00. The maximum atomic E-state index is 7.49. The molecule has 3 aromatic rings. The van der Waals surface area contributed by atoms with Crippen LogP contribution in [-0.4, -0.2) is 29.2 Å². The van der Waals surface area contributed by atoms with Crippen molar-refractivity contribution in [2.24, 2.45) is 0 Å². The number of methoxy groups -OCH3 is 2. The average Bonchev–Trinajstić information content (AvgIpc) is 2.56. The number of benzene rings is 1. The molecule has 7 nitrogen and oxygen atoms in total. The summed E-state index contributed by atoms with van der Waals surface area (Å²) in [6.45, 7) is 0. The second-order valence-corrected chi connectivity index (χ2v) is 5.56. The highest BCUT2D eigenvalue weighted by Gasteiger charge is 2.20. The summed E-state index contributed by atoms with van der Waals surface area (Å²) in [6.07, 6.45) is 1.49. The Hall–Kier alpha value is -2.51. The van der Waals surface area contributed by atoms with E-state index in [1.54, 1.807) is 12.1 Å². The molecule has 0 unspecified atom stereocenters. The molecule has 0 aliphatic heterocycles. The van der Waals surface area contributed by atoms with Gasteiger partial charge in [-0.2, -0.15) is 0 Å². The zero-order chi connectivity index (χ0) is 17.4. The topological polar surface area (TPSA) is 107 Å². The Labute approximate surface area is 147 Å². The molecule has 0 saturated carbocycles. The van der Waals surface area contributed by atoms with Gasteiger partial charge in [0.1, 0.15) is 17.3 Å². The third-order valence-corrected chi connectivity index (χ3v) is 4.17. The molecule has 3 N–H and O–H groups in total. The Morgan fingerprint density at radius 1 is 1.04 bits per heavy atom. The highest BCUT2D eigenvalue weighted by Crippen LogP contribution is 2.46. The first-order valence-electron chi connectivity index (χ1n) is 6.71. The van der Waals surface area contributed by atoms with Crippen LogP contribution in [0.2, 0.25) is 10.0 Å². The van der Waals surface area contributed by atoms with Crippen LogP contribution < -0.4 is 15.2 Å². The molecular formula is C15H12Cl2N5O2-. The number of nitrogens with two attached hydrogens (primary N) is 1. The fourth-order valence-electron chi connectivity index (χ4n) is 2.30. The summed E-state index contributed by atoms with van der Waals surface area (Å²) in [6, 6.07) is 3.28. The van der Waals surface area contributed by atoms with E-state index in [0.717, 1.165) is 0 Å². The molecule has 0 fully saturated rings. The number of nitrogens with zero attached hydrogens (tertiary/aromatic N) is 3. The van der Waals surface area contributed by atoms with Gasteiger partial charge in [-0.1, -0.05) is 23.2 Å². The predicted molar refractivity (Wildman–Crippen MR) is 94.3 cm³/mol. The molecule has 3 rings (SSSR count). The number of nitrogen functional groups attached to an aromatic ring is 1. The molecule has 0 aliphatic rings. The summed E-state index contributed by atoms with van der Waals surface area (Å²) in [5.74, 6) is 0.799. The number of hydrogen-bond donors (Lipinski definition) is 1. The molecule has 0 atom stereocenters. The Morgan fingerprint density at radius 2 is 1.67 bits per heavy atom. The van der Waals surface area contributed by atoms with E-state index in [-0.39, 0.29) is 21.8 Å². The molecule has 2 aromatic heterocycles. The lowest BCUT2D eigenvalue weighted by atomic mass is 10.1. The van der Waals surface area contributed by atoms with Gasteiger partial charge in [-0.3, -0.25) is 0 Å². The van der Waals surface area contributed by atoms with Crippen LogP contribution in [0.1, 0.15) is 0 Å². The molecule has 0 saturated heterocycles. The molecule has 0 radical (unpaired) electrons. The number of aromatic nitrogens is 3. The lowest BCUT2D eigenvalue weighted by molar-refractivity contribution is 0.395. The molecule has 124 valence electrons. The monoisotopic (exact) mass is 364 g/mol. The zero-order valence-electron chi connectivity index (χ0n) is 12.7.